The Kier molecular flexibility index (Phi) is 6.18. The number of unbranched alkanes of at least 4 members (excludes halogenated alkanes) is 1. The van der Waals surface area contributed by atoms with Crippen molar-refractivity contribution < 1.29 is 0 Å². The van der Waals surface area contributed by atoms with Crippen molar-refractivity contribution in [3.8, 4) is 0 Å². The van der Waals surface area contributed by atoms with Crippen LogP contribution in [-0.2, 0) is 6.42 Å². The van der Waals surface area contributed by atoms with E-state index in [1.54, 1.807) is 12.4 Å². The first-order valence-corrected chi connectivity index (χ1v) is 6.25. The average molecular weight is 235 g/mol. The summed E-state index contributed by atoms with van der Waals surface area (Å²) in [6.07, 6.45) is 7.00. The molecule has 2 aromatic rings. The number of anilines is 1. The molecule has 0 aromatic carbocycles. The molecule has 2 aromatic heterocycles. The molecule has 0 aliphatic heterocycles. The molecule has 0 aliphatic rings. The molecule has 4 heteroatoms. The number of nitrogens with zero attached hydrogens (tertiary/aromatic N) is 2. The molecule has 0 aliphatic carbocycles. The van der Waals surface area contributed by atoms with Crippen molar-refractivity contribution in [1.29, 1.82) is 0 Å². The maximum Gasteiger partial charge on any atom is 0.180 e. The number of hydrogen-bond donors (Lipinski definition) is 1. The molecule has 0 saturated carbocycles. The zero-order chi connectivity index (χ0) is 11.6. The molecule has 2 rings (SSSR count). The number of hydrogen-bond acceptors (Lipinski definition) is 4. The van der Waals surface area contributed by atoms with Crippen LogP contribution in [0.1, 0.15) is 25.5 Å². The fourth-order valence-electron chi connectivity index (χ4n) is 1.11. The first-order chi connectivity index (χ1) is 7.83. The summed E-state index contributed by atoms with van der Waals surface area (Å²) in [5.41, 5.74) is 6.60. The Morgan fingerprint density at radius 2 is 2.00 bits per heavy atom. The standard InChI is InChI=1S/C7H12N2S.C5H5N/c1-2-3-4-6-5-10-7(8)9-6;1-2-4-6-5-3-1/h5H,2-4H2,1H3,(H2,8,9);1-5H. The molecule has 86 valence electrons. The molecule has 0 amide bonds. The predicted octanol–water partition coefficient (Wildman–Crippen LogP) is 3.15. The highest BCUT2D eigenvalue weighted by atomic mass is 32.1. The van der Waals surface area contributed by atoms with Crippen LogP contribution in [0.3, 0.4) is 0 Å². The van der Waals surface area contributed by atoms with Crippen molar-refractivity contribution in [1.82, 2.24) is 9.97 Å². The first kappa shape index (κ1) is 12.6. The highest BCUT2D eigenvalue weighted by Crippen LogP contribution is 2.12. The monoisotopic (exact) mass is 235 g/mol. The van der Waals surface area contributed by atoms with Crippen molar-refractivity contribution >= 4 is 16.5 Å². The minimum atomic E-state index is 0.686. The smallest absolute Gasteiger partial charge is 0.180 e. The van der Waals surface area contributed by atoms with Crippen LogP contribution in [0.25, 0.3) is 0 Å². The van der Waals surface area contributed by atoms with Gasteiger partial charge >= 0.3 is 0 Å². The lowest BCUT2D eigenvalue weighted by Gasteiger charge is -1.90. The van der Waals surface area contributed by atoms with Crippen LogP contribution in [0.2, 0.25) is 0 Å². The third-order valence-corrected chi connectivity index (χ3v) is 2.65. The van der Waals surface area contributed by atoms with Crippen molar-refractivity contribution in [3.05, 3.63) is 41.7 Å². The van der Waals surface area contributed by atoms with Crippen LogP contribution < -0.4 is 5.73 Å². The largest absolute Gasteiger partial charge is 0.375 e. The van der Waals surface area contributed by atoms with Gasteiger partial charge in [0.2, 0.25) is 0 Å². The molecule has 2 heterocycles. The van der Waals surface area contributed by atoms with Gasteiger partial charge < -0.3 is 5.73 Å². The van der Waals surface area contributed by atoms with Gasteiger partial charge in [0.15, 0.2) is 5.13 Å². The fourth-order valence-corrected chi connectivity index (χ4v) is 1.71. The second-order valence-electron chi connectivity index (χ2n) is 3.31. The minimum Gasteiger partial charge on any atom is -0.375 e. The predicted molar refractivity (Wildman–Crippen MR) is 69.4 cm³/mol. The van der Waals surface area contributed by atoms with Gasteiger partial charge in [0.05, 0.1) is 5.69 Å². The van der Waals surface area contributed by atoms with Gasteiger partial charge in [-0.2, -0.15) is 0 Å². The number of thiazole rings is 1. The summed E-state index contributed by atoms with van der Waals surface area (Å²) in [6, 6.07) is 5.72. The molecular formula is C12H17N3S. The third-order valence-electron chi connectivity index (χ3n) is 1.92. The second kappa shape index (κ2) is 7.82. The summed E-state index contributed by atoms with van der Waals surface area (Å²) in [6.45, 7) is 2.18. The Bertz CT molecular complexity index is 346. The summed E-state index contributed by atoms with van der Waals surface area (Å²) >= 11 is 1.52. The third kappa shape index (κ3) is 5.46. The van der Waals surface area contributed by atoms with E-state index in [2.05, 4.69) is 16.9 Å². The molecule has 0 spiro atoms. The Hall–Kier alpha value is -1.42. The van der Waals surface area contributed by atoms with Crippen LogP contribution >= 0.6 is 11.3 Å². The number of pyridine rings is 1. The lowest BCUT2D eigenvalue weighted by atomic mass is 10.2. The van der Waals surface area contributed by atoms with E-state index in [-0.39, 0.29) is 0 Å². The molecule has 16 heavy (non-hydrogen) atoms. The van der Waals surface area contributed by atoms with Gasteiger partial charge in [0, 0.05) is 17.8 Å². The van der Waals surface area contributed by atoms with Gasteiger partial charge in [-0.1, -0.05) is 19.4 Å². The fraction of sp³-hybridized carbons (Fsp3) is 0.333. The molecule has 0 atom stereocenters. The zero-order valence-corrected chi connectivity index (χ0v) is 10.3. The van der Waals surface area contributed by atoms with Crippen LogP contribution in [0, 0.1) is 0 Å². The summed E-state index contributed by atoms with van der Waals surface area (Å²) in [7, 11) is 0. The van der Waals surface area contributed by atoms with Crippen LogP contribution in [0.15, 0.2) is 36.0 Å². The number of aryl methyl sites for hydroxylation is 1. The van der Waals surface area contributed by atoms with E-state index >= 15 is 0 Å². The highest BCUT2D eigenvalue weighted by molar-refractivity contribution is 7.13. The van der Waals surface area contributed by atoms with Crippen LogP contribution in [0.5, 0.6) is 0 Å². The SMILES string of the molecule is CCCCc1csc(N)n1.c1ccncc1. The van der Waals surface area contributed by atoms with E-state index in [0.29, 0.717) is 5.13 Å². The van der Waals surface area contributed by atoms with Crippen LogP contribution in [-0.4, -0.2) is 9.97 Å². The Labute approximate surface area is 100 Å². The summed E-state index contributed by atoms with van der Waals surface area (Å²) in [4.78, 5) is 7.93. The maximum atomic E-state index is 5.46. The van der Waals surface area contributed by atoms with E-state index in [9.17, 15) is 0 Å². The molecule has 0 radical (unpaired) electrons. The lowest BCUT2D eigenvalue weighted by Crippen LogP contribution is -1.86. The number of nitrogens with two attached hydrogens (primary N) is 1. The van der Waals surface area contributed by atoms with Crippen molar-refractivity contribution in [3.63, 3.8) is 0 Å². The molecule has 0 unspecified atom stereocenters. The van der Waals surface area contributed by atoms with Crippen molar-refractivity contribution in [2.45, 2.75) is 26.2 Å². The summed E-state index contributed by atoms with van der Waals surface area (Å²) in [5.74, 6) is 0. The number of aromatic nitrogens is 2. The molecule has 0 fully saturated rings. The first-order valence-electron chi connectivity index (χ1n) is 5.37. The quantitative estimate of drug-likeness (QED) is 0.889. The van der Waals surface area contributed by atoms with E-state index < -0.39 is 0 Å². The summed E-state index contributed by atoms with van der Waals surface area (Å²) in [5, 5.41) is 2.72. The molecule has 0 bridgehead atoms. The normalized spacial score (nSPS) is 9.31. The maximum absolute atomic E-state index is 5.46. The Morgan fingerprint density at radius 3 is 2.38 bits per heavy atom. The molecule has 3 nitrogen and oxygen atoms in total. The molecular weight excluding hydrogens is 218 g/mol. The van der Waals surface area contributed by atoms with Gasteiger partial charge in [-0.25, -0.2) is 4.98 Å². The highest BCUT2D eigenvalue weighted by Gasteiger charge is 1.95. The minimum absolute atomic E-state index is 0.686. The van der Waals surface area contributed by atoms with Gasteiger partial charge in [-0.05, 0) is 25.0 Å². The zero-order valence-electron chi connectivity index (χ0n) is 9.47. The van der Waals surface area contributed by atoms with Gasteiger partial charge in [0.25, 0.3) is 0 Å². The topological polar surface area (TPSA) is 51.8 Å². The van der Waals surface area contributed by atoms with Crippen molar-refractivity contribution in [2.75, 3.05) is 5.73 Å². The van der Waals surface area contributed by atoms with E-state index in [1.165, 1.54) is 24.2 Å². The van der Waals surface area contributed by atoms with E-state index in [1.807, 2.05) is 23.6 Å². The lowest BCUT2D eigenvalue weighted by molar-refractivity contribution is 0.782. The summed E-state index contributed by atoms with van der Waals surface area (Å²) < 4.78 is 0. The number of rotatable bonds is 3. The Balaban J connectivity index is 0.000000181. The second-order valence-corrected chi connectivity index (χ2v) is 4.19. The van der Waals surface area contributed by atoms with Crippen LogP contribution in [0.4, 0.5) is 5.13 Å². The van der Waals surface area contributed by atoms with E-state index in [4.69, 9.17) is 5.73 Å². The number of nitrogen functional groups attached to an aromatic ring is 1. The molecule has 2 N–H and O–H groups in total. The van der Waals surface area contributed by atoms with Gasteiger partial charge in [0.1, 0.15) is 0 Å². The van der Waals surface area contributed by atoms with E-state index in [0.717, 1.165) is 12.1 Å². The van der Waals surface area contributed by atoms with Gasteiger partial charge in [-0.15, -0.1) is 11.3 Å². The molecule has 0 saturated heterocycles. The average Bonchev–Trinajstić information content (AvgIpc) is 2.76. The van der Waals surface area contributed by atoms with Gasteiger partial charge in [-0.3, -0.25) is 4.98 Å². The van der Waals surface area contributed by atoms with Crippen molar-refractivity contribution in [2.24, 2.45) is 0 Å². The Morgan fingerprint density at radius 1 is 1.25 bits per heavy atom.